The van der Waals surface area contributed by atoms with Crippen LogP contribution in [0.5, 0.6) is 0 Å². The number of nitrogens with zero attached hydrogens (tertiary/aromatic N) is 2. The summed E-state index contributed by atoms with van der Waals surface area (Å²) in [6.07, 6.45) is 0. The maximum Gasteiger partial charge on any atom is 0.126 e. The predicted octanol–water partition coefficient (Wildman–Crippen LogP) is 6.94. The van der Waals surface area contributed by atoms with Gasteiger partial charge in [-0.1, -0.05) is 91.0 Å². The maximum absolute atomic E-state index is 4.75. The van der Waals surface area contributed by atoms with Crippen molar-refractivity contribution >= 4 is 10.9 Å². The Morgan fingerprint density at radius 3 is 1.86 bits per heavy atom. The van der Waals surface area contributed by atoms with E-state index in [0.29, 0.717) is 0 Å². The summed E-state index contributed by atoms with van der Waals surface area (Å²) in [6, 6.07) is 36.0. The Morgan fingerprint density at radius 2 is 1.07 bits per heavy atom. The molecule has 5 aromatic rings. The summed E-state index contributed by atoms with van der Waals surface area (Å²) in [6.45, 7) is 1.95. The van der Waals surface area contributed by atoms with Crippen LogP contribution in [-0.4, -0.2) is 9.97 Å². The predicted molar refractivity (Wildman–Crippen MR) is 121 cm³/mol. The molecule has 0 saturated carbocycles. The standard InChI is InChI=1S/C27H20N2/c1-19-28-26-13-6-5-12-25(26)27(29-19)24-11-7-10-23(18-24)22-16-14-21(15-17-22)20-8-3-2-4-9-20/h2-18H,1H3. The van der Waals surface area contributed by atoms with E-state index in [-0.39, 0.29) is 0 Å². The van der Waals surface area contributed by atoms with Crippen LogP contribution in [0.15, 0.2) is 103 Å². The fraction of sp³-hybridized carbons (Fsp3) is 0.0370. The van der Waals surface area contributed by atoms with Gasteiger partial charge in [-0.15, -0.1) is 0 Å². The highest BCUT2D eigenvalue weighted by atomic mass is 14.9. The number of aryl methyl sites for hydroxylation is 1. The highest BCUT2D eigenvalue weighted by Crippen LogP contribution is 2.31. The average Bonchev–Trinajstić information content (AvgIpc) is 2.79. The van der Waals surface area contributed by atoms with Gasteiger partial charge in [-0.2, -0.15) is 0 Å². The van der Waals surface area contributed by atoms with Crippen molar-refractivity contribution in [2.45, 2.75) is 6.92 Å². The third-order valence-electron chi connectivity index (χ3n) is 5.18. The monoisotopic (exact) mass is 372 g/mol. The van der Waals surface area contributed by atoms with Crippen molar-refractivity contribution in [3.63, 3.8) is 0 Å². The normalized spacial score (nSPS) is 10.9. The third kappa shape index (κ3) is 3.41. The molecule has 29 heavy (non-hydrogen) atoms. The van der Waals surface area contributed by atoms with Gasteiger partial charge in [0.15, 0.2) is 0 Å². The Hall–Kier alpha value is -3.78. The highest BCUT2D eigenvalue weighted by Gasteiger charge is 2.09. The van der Waals surface area contributed by atoms with Crippen LogP contribution < -0.4 is 0 Å². The van der Waals surface area contributed by atoms with E-state index in [0.717, 1.165) is 28.0 Å². The molecule has 2 heteroatoms. The first-order chi connectivity index (χ1) is 14.3. The van der Waals surface area contributed by atoms with Crippen LogP contribution in [0.4, 0.5) is 0 Å². The largest absolute Gasteiger partial charge is 0.233 e. The molecule has 0 aliphatic rings. The van der Waals surface area contributed by atoms with Crippen LogP contribution in [0.1, 0.15) is 5.82 Å². The van der Waals surface area contributed by atoms with Gasteiger partial charge >= 0.3 is 0 Å². The molecule has 0 aliphatic carbocycles. The molecular weight excluding hydrogens is 352 g/mol. The summed E-state index contributed by atoms with van der Waals surface area (Å²) < 4.78 is 0. The summed E-state index contributed by atoms with van der Waals surface area (Å²) in [5.41, 5.74) is 7.91. The first-order valence-electron chi connectivity index (χ1n) is 9.78. The number of para-hydroxylation sites is 1. The van der Waals surface area contributed by atoms with E-state index >= 15 is 0 Å². The highest BCUT2D eigenvalue weighted by molar-refractivity contribution is 5.93. The van der Waals surface area contributed by atoms with E-state index < -0.39 is 0 Å². The van der Waals surface area contributed by atoms with E-state index in [1.165, 1.54) is 22.3 Å². The SMILES string of the molecule is Cc1nc(-c2cccc(-c3ccc(-c4ccccc4)cc3)c2)c2ccccc2n1. The Morgan fingerprint density at radius 1 is 0.483 bits per heavy atom. The number of hydrogen-bond donors (Lipinski definition) is 0. The van der Waals surface area contributed by atoms with Crippen molar-refractivity contribution in [1.29, 1.82) is 0 Å². The number of rotatable bonds is 3. The van der Waals surface area contributed by atoms with Crippen molar-refractivity contribution < 1.29 is 0 Å². The second kappa shape index (κ2) is 7.33. The smallest absolute Gasteiger partial charge is 0.126 e. The minimum Gasteiger partial charge on any atom is -0.233 e. The van der Waals surface area contributed by atoms with E-state index in [1.54, 1.807) is 0 Å². The molecule has 0 fully saturated rings. The molecule has 0 spiro atoms. The second-order valence-corrected chi connectivity index (χ2v) is 7.16. The molecule has 5 rings (SSSR count). The van der Waals surface area contributed by atoms with Crippen molar-refractivity contribution in [1.82, 2.24) is 9.97 Å². The molecule has 0 N–H and O–H groups in total. The minimum absolute atomic E-state index is 0.788. The second-order valence-electron chi connectivity index (χ2n) is 7.16. The fourth-order valence-corrected chi connectivity index (χ4v) is 3.74. The van der Waals surface area contributed by atoms with Crippen LogP contribution in [0, 0.1) is 6.92 Å². The Balaban J connectivity index is 1.56. The molecule has 4 aromatic carbocycles. The molecule has 2 nitrogen and oxygen atoms in total. The first kappa shape index (κ1) is 17.3. The van der Waals surface area contributed by atoms with Gasteiger partial charge in [-0.05, 0) is 41.3 Å². The van der Waals surface area contributed by atoms with E-state index in [1.807, 2.05) is 31.2 Å². The van der Waals surface area contributed by atoms with Gasteiger partial charge < -0.3 is 0 Å². The zero-order chi connectivity index (χ0) is 19.6. The topological polar surface area (TPSA) is 25.8 Å². The Labute approximate surface area is 170 Å². The fourth-order valence-electron chi connectivity index (χ4n) is 3.74. The van der Waals surface area contributed by atoms with Gasteiger partial charge in [0, 0.05) is 10.9 Å². The molecular formula is C27H20N2. The van der Waals surface area contributed by atoms with Crippen molar-refractivity contribution in [3.05, 3.63) is 109 Å². The summed E-state index contributed by atoms with van der Waals surface area (Å²) in [5, 5.41) is 1.08. The summed E-state index contributed by atoms with van der Waals surface area (Å²) in [4.78, 5) is 9.32. The van der Waals surface area contributed by atoms with Crippen molar-refractivity contribution in [3.8, 4) is 33.5 Å². The van der Waals surface area contributed by atoms with Crippen molar-refractivity contribution in [2.24, 2.45) is 0 Å². The lowest BCUT2D eigenvalue weighted by Crippen LogP contribution is -1.94. The third-order valence-corrected chi connectivity index (χ3v) is 5.18. The maximum atomic E-state index is 4.75. The average molecular weight is 372 g/mol. The van der Waals surface area contributed by atoms with Gasteiger partial charge in [0.25, 0.3) is 0 Å². The molecule has 0 unspecified atom stereocenters. The molecule has 138 valence electrons. The minimum atomic E-state index is 0.788. The van der Waals surface area contributed by atoms with Gasteiger partial charge in [0.1, 0.15) is 5.82 Å². The number of benzene rings is 4. The molecule has 1 aromatic heterocycles. The van der Waals surface area contributed by atoms with E-state index in [2.05, 4.69) is 83.8 Å². The zero-order valence-electron chi connectivity index (χ0n) is 16.2. The van der Waals surface area contributed by atoms with Gasteiger partial charge in [-0.25, -0.2) is 9.97 Å². The molecule has 1 heterocycles. The number of fused-ring (bicyclic) bond motifs is 1. The van der Waals surface area contributed by atoms with Crippen LogP contribution in [0.25, 0.3) is 44.4 Å². The molecule has 0 amide bonds. The summed E-state index contributed by atoms with van der Waals surface area (Å²) in [5.74, 6) is 0.788. The van der Waals surface area contributed by atoms with E-state index in [4.69, 9.17) is 4.98 Å². The Bertz CT molecular complexity index is 1290. The summed E-state index contributed by atoms with van der Waals surface area (Å²) in [7, 11) is 0. The lowest BCUT2D eigenvalue weighted by molar-refractivity contribution is 1.10. The first-order valence-corrected chi connectivity index (χ1v) is 9.78. The van der Waals surface area contributed by atoms with Gasteiger partial charge in [-0.3, -0.25) is 0 Å². The molecule has 0 atom stereocenters. The number of hydrogen-bond acceptors (Lipinski definition) is 2. The van der Waals surface area contributed by atoms with Crippen molar-refractivity contribution in [2.75, 3.05) is 0 Å². The molecule has 0 radical (unpaired) electrons. The van der Waals surface area contributed by atoms with Gasteiger partial charge in [0.05, 0.1) is 11.2 Å². The van der Waals surface area contributed by atoms with Crippen LogP contribution in [-0.2, 0) is 0 Å². The van der Waals surface area contributed by atoms with E-state index in [9.17, 15) is 0 Å². The number of aromatic nitrogens is 2. The van der Waals surface area contributed by atoms with Crippen LogP contribution in [0.2, 0.25) is 0 Å². The zero-order valence-corrected chi connectivity index (χ0v) is 16.2. The molecule has 0 aliphatic heterocycles. The lowest BCUT2D eigenvalue weighted by Gasteiger charge is -2.10. The van der Waals surface area contributed by atoms with Gasteiger partial charge in [0.2, 0.25) is 0 Å². The molecule has 0 bridgehead atoms. The quantitative estimate of drug-likeness (QED) is 0.343. The molecule has 0 saturated heterocycles. The lowest BCUT2D eigenvalue weighted by atomic mass is 9.97. The van der Waals surface area contributed by atoms with Crippen LogP contribution in [0.3, 0.4) is 0 Å². The summed E-state index contributed by atoms with van der Waals surface area (Å²) >= 11 is 0. The van der Waals surface area contributed by atoms with Crippen LogP contribution >= 0.6 is 0 Å². The Kier molecular flexibility index (Phi) is 4.38.